The molecule has 0 radical (unpaired) electrons. The van der Waals surface area contributed by atoms with Crippen LogP contribution in [0.5, 0.6) is 0 Å². The number of nitrogens with one attached hydrogen (secondary N) is 1. The van der Waals surface area contributed by atoms with Crippen molar-refractivity contribution in [3.63, 3.8) is 0 Å². The van der Waals surface area contributed by atoms with Crippen molar-refractivity contribution in [2.45, 2.75) is 38.3 Å². The maximum atomic E-state index is 13.0. The number of nitrogens with zero attached hydrogens (tertiary/aromatic N) is 2. The molecule has 0 spiro atoms. The number of aliphatic hydroxyl groups excluding tert-OH is 1. The summed E-state index contributed by atoms with van der Waals surface area (Å²) >= 11 is 0. The summed E-state index contributed by atoms with van der Waals surface area (Å²) in [7, 11) is 0. The highest BCUT2D eigenvalue weighted by molar-refractivity contribution is 5.92. The standard InChI is InChI=1S/C18H23N3O3/c22-11-9-15-8-4-5-10-20(15)17(23)16-12-19-18(24)21(16)13-14-6-2-1-3-7-14/h1-3,6-7,12,15,22H,4-5,8-11,13H2,(H,19,24). The summed E-state index contributed by atoms with van der Waals surface area (Å²) in [5.74, 6) is -0.137. The van der Waals surface area contributed by atoms with E-state index in [2.05, 4.69) is 4.98 Å². The van der Waals surface area contributed by atoms with Crippen LogP contribution >= 0.6 is 0 Å². The first-order valence-corrected chi connectivity index (χ1v) is 8.44. The fourth-order valence-corrected chi connectivity index (χ4v) is 3.36. The van der Waals surface area contributed by atoms with Gasteiger partial charge in [0.2, 0.25) is 0 Å². The monoisotopic (exact) mass is 329 g/mol. The molecule has 2 N–H and O–H groups in total. The zero-order valence-corrected chi connectivity index (χ0v) is 13.6. The smallest absolute Gasteiger partial charge is 0.326 e. The number of aromatic amines is 1. The van der Waals surface area contributed by atoms with Gasteiger partial charge in [-0.15, -0.1) is 0 Å². The fraction of sp³-hybridized carbons (Fsp3) is 0.444. The summed E-state index contributed by atoms with van der Waals surface area (Å²) in [4.78, 5) is 29.6. The van der Waals surface area contributed by atoms with Gasteiger partial charge in [-0.3, -0.25) is 9.36 Å². The van der Waals surface area contributed by atoms with Gasteiger partial charge in [0.25, 0.3) is 5.91 Å². The SMILES string of the molecule is O=C(c1c[nH]c(=O)n1Cc1ccccc1)N1CCCCC1CCO. The number of piperidine rings is 1. The summed E-state index contributed by atoms with van der Waals surface area (Å²) in [6, 6.07) is 9.66. The Bertz CT molecular complexity index is 733. The van der Waals surface area contributed by atoms with E-state index in [9.17, 15) is 14.7 Å². The van der Waals surface area contributed by atoms with Crippen LogP contribution in [-0.4, -0.2) is 44.7 Å². The molecule has 24 heavy (non-hydrogen) atoms. The highest BCUT2D eigenvalue weighted by atomic mass is 16.3. The summed E-state index contributed by atoms with van der Waals surface area (Å²) < 4.78 is 1.49. The van der Waals surface area contributed by atoms with E-state index in [0.717, 1.165) is 24.8 Å². The van der Waals surface area contributed by atoms with Gasteiger partial charge < -0.3 is 15.0 Å². The highest BCUT2D eigenvalue weighted by Gasteiger charge is 2.29. The summed E-state index contributed by atoms with van der Waals surface area (Å²) in [5.41, 5.74) is 1.07. The molecule has 3 rings (SSSR count). The Kier molecular flexibility index (Phi) is 5.15. The van der Waals surface area contributed by atoms with Crippen LogP contribution in [0.25, 0.3) is 0 Å². The minimum atomic E-state index is -0.280. The largest absolute Gasteiger partial charge is 0.396 e. The lowest BCUT2D eigenvalue weighted by Crippen LogP contribution is -2.45. The van der Waals surface area contributed by atoms with Crippen LogP contribution in [0, 0.1) is 0 Å². The molecule has 0 bridgehead atoms. The number of likely N-dealkylation sites (tertiary alicyclic amines) is 1. The van der Waals surface area contributed by atoms with Crippen LogP contribution in [-0.2, 0) is 6.54 Å². The van der Waals surface area contributed by atoms with Crippen molar-refractivity contribution >= 4 is 5.91 Å². The van der Waals surface area contributed by atoms with Crippen LogP contribution in [0.3, 0.4) is 0 Å². The number of hydrogen-bond acceptors (Lipinski definition) is 3. The molecule has 2 aromatic rings. The maximum absolute atomic E-state index is 13.0. The molecule has 1 aliphatic heterocycles. The lowest BCUT2D eigenvalue weighted by molar-refractivity contribution is 0.0564. The maximum Gasteiger partial charge on any atom is 0.326 e. The van der Waals surface area contributed by atoms with Crippen molar-refractivity contribution in [2.24, 2.45) is 0 Å². The van der Waals surface area contributed by atoms with Gasteiger partial charge in [-0.25, -0.2) is 4.79 Å². The molecule has 1 aliphatic rings. The molecular weight excluding hydrogens is 306 g/mol. The number of rotatable bonds is 5. The molecule has 1 saturated heterocycles. The van der Waals surface area contributed by atoms with Crippen LogP contribution in [0.1, 0.15) is 41.7 Å². The Balaban J connectivity index is 1.86. The third-order valence-electron chi connectivity index (χ3n) is 4.62. The average Bonchev–Trinajstić information content (AvgIpc) is 2.97. The van der Waals surface area contributed by atoms with Crippen LogP contribution < -0.4 is 5.69 Å². The number of carbonyl (C=O) groups excluding carboxylic acids is 1. The van der Waals surface area contributed by atoms with E-state index in [-0.39, 0.29) is 24.2 Å². The quantitative estimate of drug-likeness (QED) is 0.874. The van der Waals surface area contributed by atoms with Crippen molar-refractivity contribution in [2.75, 3.05) is 13.2 Å². The second-order valence-electron chi connectivity index (χ2n) is 6.21. The summed E-state index contributed by atoms with van der Waals surface area (Å²) in [5, 5.41) is 9.24. The first-order valence-electron chi connectivity index (χ1n) is 8.44. The number of benzene rings is 1. The second-order valence-corrected chi connectivity index (χ2v) is 6.21. The lowest BCUT2D eigenvalue weighted by Gasteiger charge is -2.35. The first-order chi connectivity index (χ1) is 11.7. The number of amides is 1. The van der Waals surface area contributed by atoms with E-state index < -0.39 is 0 Å². The minimum Gasteiger partial charge on any atom is -0.396 e. The molecule has 0 saturated carbocycles. The third-order valence-corrected chi connectivity index (χ3v) is 4.62. The van der Waals surface area contributed by atoms with Crippen LogP contribution in [0.4, 0.5) is 0 Å². The van der Waals surface area contributed by atoms with Gasteiger partial charge in [-0.2, -0.15) is 0 Å². The molecule has 1 aromatic carbocycles. The molecule has 128 valence electrons. The zero-order chi connectivity index (χ0) is 16.9. The molecule has 6 nitrogen and oxygen atoms in total. The average molecular weight is 329 g/mol. The minimum absolute atomic E-state index is 0.0476. The van der Waals surface area contributed by atoms with E-state index in [4.69, 9.17) is 0 Å². The van der Waals surface area contributed by atoms with Gasteiger partial charge in [-0.1, -0.05) is 30.3 Å². The second kappa shape index (κ2) is 7.49. The zero-order valence-electron chi connectivity index (χ0n) is 13.6. The molecule has 0 aliphatic carbocycles. The van der Waals surface area contributed by atoms with E-state index >= 15 is 0 Å². The number of aromatic nitrogens is 2. The lowest BCUT2D eigenvalue weighted by atomic mass is 9.99. The topological polar surface area (TPSA) is 78.3 Å². The predicted molar refractivity (Wildman–Crippen MR) is 91.0 cm³/mol. The van der Waals surface area contributed by atoms with Crippen LogP contribution in [0.2, 0.25) is 0 Å². The van der Waals surface area contributed by atoms with Crippen molar-refractivity contribution in [3.05, 3.63) is 58.3 Å². The number of hydrogen-bond donors (Lipinski definition) is 2. The normalized spacial score (nSPS) is 17.9. The molecule has 1 amide bonds. The van der Waals surface area contributed by atoms with E-state index in [1.807, 2.05) is 35.2 Å². The number of imidazole rings is 1. The van der Waals surface area contributed by atoms with Gasteiger partial charge in [0.1, 0.15) is 5.69 Å². The number of carbonyl (C=O) groups is 1. The molecule has 1 atom stereocenters. The first kappa shape index (κ1) is 16.5. The van der Waals surface area contributed by atoms with Crippen LogP contribution in [0.15, 0.2) is 41.3 Å². The molecule has 6 heteroatoms. The van der Waals surface area contributed by atoms with E-state index in [1.54, 1.807) is 0 Å². The Hall–Kier alpha value is -2.34. The number of aliphatic hydroxyl groups is 1. The third kappa shape index (κ3) is 3.43. The molecule has 1 fully saturated rings. The van der Waals surface area contributed by atoms with Crippen molar-refractivity contribution in [1.82, 2.24) is 14.5 Å². The Labute approximate surface area is 140 Å². The van der Waals surface area contributed by atoms with Gasteiger partial charge in [-0.05, 0) is 31.2 Å². The van der Waals surface area contributed by atoms with Crippen molar-refractivity contribution in [1.29, 1.82) is 0 Å². The Morgan fingerprint density at radius 2 is 2.04 bits per heavy atom. The number of H-pyrrole nitrogens is 1. The van der Waals surface area contributed by atoms with Gasteiger partial charge in [0.15, 0.2) is 0 Å². The summed E-state index contributed by atoms with van der Waals surface area (Å²) in [6.07, 6.45) is 5.01. The van der Waals surface area contributed by atoms with Gasteiger partial charge in [0, 0.05) is 25.4 Å². The molecular formula is C18H23N3O3. The van der Waals surface area contributed by atoms with Gasteiger partial charge in [0.05, 0.1) is 6.54 Å². The summed E-state index contributed by atoms with van der Waals surface area (Å²) in [6.45, 7) is 1.11. The van der Waals surface area contributed by atoms with Crippen molar-refractivity contribution in [3.8, 4) is 0 Å². The highest BCUT2D eigenvalue weighted by Crippen LogP contribution is 2.21. The fourth-order valence-electron chi connectivity index (χ4n) is 3.36. The predicted octanol–water partition coefficient (Wildman–Crippen LogP) is 1.60. The Morgan fingerprint density at radius 1 is 1.25 bits per heavy atom. The Morgan fingerprint density at radius 3 is 2.79 bits per heavy atom. The van der Waals surface area contributed by atoms with Gasteiger partial charge >= 0.3 is 5.69 Å². The molecule has 2 heterocycles. The van der Waals surface area contributed by atoms with Crippen molar-refractivity contribution < 1.29 is 9.90 Å². The van der Waals surface area contributed by atoms with E-state index in [0.29, 0.717) is 25.2 Å². The molecule has 1 aromatic heterocycles. The molecule has 1 unspecified atom stereocenters. The van der Waals surface area contributed by atoms with E-state index in [1.165, 1.54) is 10.8 Å².